The zero-order chi connectivity index (χ0) is 16.0. The van der Waals surface area contributed by atoms with E-state index < -0.39 is 21.2 Å². The molecule has 1 rings (SSSR count). The van der Waals surface area contributed by atoms with Crippen LogP contribution in [0.15, 0.2) is 29.2 Å². The second-order valence-corrected chi connectivity index (χ2v) is 7.26. The van der Waals surface area contributed by atoms with Crippen LogP contribution in [0.5, 0.6) is 0 Å². The lowest BCUT2D eigenvalue weighted by Gasteiger charge is -2.11. The zero-order valence-electron chi connectivity index (χ0n) is 12.0. The molecule has 2 amide bonds. The lowest BCUT2D eigenvalue weighted by Crippen LogP contribution is -2.35. The van der Waals surface area contributed by atoms with Gasteiger partial charge < -0.3 is 5.32 Å². The van der Waals surface area contributed by atoms with E-state index in [0.29, 0.717) is 6.54 Å². The van der Waals surface area contributed by atoms with E-state index in [4.69, 9.17) is 0 Å². The molecule has 0 unspecified atom stereocenters. The molecule has 0 bridgehead atoms. The van der Waals surface area contributed by atoms with E-state index >= 15 is 0 Å². The van der Waals surface area contributed by atoms with Crippen molar-refractivity contribution in [3.63, 3.8) is 0 Å². The van der Waals surface area contributed by atoms with Gasteiger partial charge in [0.1, 0.15) is 0 Å². The summed E-state index contributed by atoms with van der Waals surface area (Å²) in [5, 5.41) is 2.17. The molecular formula is C13H18N2O4S2. The first-order valence-corrected chi connectivity index (χ1v) is 8.96. The highest BCUT2D eigenvalue weighted by molar-refractivity contribution is 8.00. The van der Waals surface area contributed by atoms with E-state index in [2.05, 4.69) is 5.32 Å². The number of rotatable bonds is 6. The minimum absolute atomic E-state index is 0.00993. The van der Waals surface area contributed by atoms with Gasteiger partial charge in [-0.25, -0.2) is 13.1 Å². The summed E-state index contributed by atoms with van der Waals surface area (Å²) >= 11 is 1.26. The van der Waals surface area contributed by atoms with E-state index in [1.54, 1.807) is 25.3 Å². The van der Waals surface area contributed by atoms with Crippen LogP contribution >= 0.6 is 11.8 Å². The van der Waals surface area contributed by atoms with E-state index in [1.807, 2.05) is 4.72 Å². The molecule has 2 N–H and O–H groups in total. The summed E-state index contributed by atoms with van der Waals surface area (Å²) in [6, 6.07) is 5.98. The third kappa shape index (κ3) is 5.39. The molecule has 0 aromatic heterocycles. The lowest BCUT2D eigenvalue weighted by atomic mass is 10.2. The van der Waals surface area contributed by atoms with Crippen LogP contribution in [0.1, 0.15) is 19.4 Å². The molecule has 0 aliphatic carbocycles. The molecule has 0 fully saturated rings. The van der Waals surface area contributed by atoms with E-state index in [0.717, 1.165) is 5.56 Å². The number of hydrogen-bond donors (Lipinski definition) is 2. The maximum absolute atomic E-state index is 12.0. The van der Waals surface area contributed by atoms with Gasteiger partial charge in [-0.2, -0.15) is 11.8 Å². The quantitative estimate of drug-likeness (QED) is 0.808. The van der Waals surface area contributed by atoms with E-state index in [-0.39, 0.29) is 10.8 Å². The number of nitrogens with one attached hydrogen (secondary N) is 2. The summed E-state index contributed by atoms with van der Waals surface area (Å²) in [5.41, 5.74) is 0.771. The summed E-state index contributed by atoms with van der Waals surface area (Å²) in [5.74, 6) is -0.713. The van der Waals surface area contributed by atoms with Crippen LogP contribution in [0.25, 0.3) is 0 Å². The van der Waals surface area contributed by atoms with Crippen molar-refractivity contribution in [1.82, 2.24) is 10.0 Å². The highest BCUT2D eigenvalue weighted by atomic mass is 32.2. The molecule has 6 nitrogen and oxygen atoms in total. The minimum atomic E-state index is -3.86. The first-order valence-electron chi connectivity index (χ1n) is 6.19. The van der Waals surface area contributed by atoms with E-state index in [1.165, 1.54) is 30.8 Å². The largest absolute Gasteiger partial charge is 0.352 e. The Morgan fingerprint density at radius 3 is 2.29 bits per heavy atom. The van der Waals surface area contributed by atoms with Gasteiger partial charge in [0.2, 0.25) is 11.8 Å². The highest BCUT2D eigenvalue weighted by Crippen LogP contribution is 2.12. The molecule has 0 aliphatic rings. The van der Waals surface area contributed by atoms with Crippen LogP contribution in [0.4, 0.5) is 0 Å². The van der Waals surface area contributed by atoms with Crippen molar-refractivity contribution in [3.05, 3.63) is 29.8 Å². The molecule has 116 valence electrons. The van der Waals surface area contributed by atoms with Gasteiger partial charge in [-0.15, -0.1) is 0 Å². The van der Waals surface area contributed by atoms with Crippen LogP contribution in [-0.2, 0) is 26.2 Å². The molecule has 0 heterocycles. The van der Waals surface area contributed by atoms with E-state index in [9.17, 15) is 18.0 Å². The maximum atomic E-state index is 12.0. The number of carbonyl (C=O) groups excluding carboxylic acids is 2. The molecule has 0 saturated heterocycles. The Morgan fingerprint density at radius 1 is 1.24 bits per heavy atom. The van der Waals surface area contributed by atoms with Crippen molar-refractivity contribution in [2.75, 3.05) is 6.26 Å². The van der Waals surface area contributed by atoms with Gasteiger partial charge in [-0.3, -0.25) is 9.59 Å². The van der Waals surface area contributed by atoms with Gasteiger partial charge in [0.15, 0.2) is 0 Å². The molecule has 0 spiro atoms. The van der Waals surface area contributed by atoms with Crippen LogP contribution in [-0.4, -0.2) is 31.7 Å². The fourth-order valence-corrected chi connectivity index (χ4v) is 2.80. The monoisotopic (exact) mass is 330 g/mol. The number of amides is 2. The lowest BCUT2D eigenvalue weighted by molar-refractivity contribution is -0.119. The molecule has 0 saturated carbocycles. The van der Waals surface area contributed by atoms with Gasteiger partial charge in [0.05, 0.1) is 10.1 Å². The molecule has 1 aromatic rings. The standard InChI is InChI=1S/C13H18N2O4S2/c1-9(20-3)13(17)15-21(18,19)12-6-4-11(5-7-12)8-14-10(2)16/h4-7,9H,8H2,1-3H3,(H,14,16)(H,15,17)/t9-/m0/s1. The summed E-state index contributed by atoms with van der Waals surface area (Å²) in [6.07, 6.45) is 1.73. The van der Waals surface area contributed by atoms with Gasteiger partial charge in [-0.1, -0.05) is 12.1 Å². The summed E-state index contributed by atoms with van der Waals surface area (Å²) in [7, 11) is -3.86. The van der Waals surface area contributed by atoms with Crippen molar-refractivity contribution in [3.8, 4) is 0 Å². The van der Waals surface area contributed by atoms with Gasteiger partial charge in [0, 0.05) is 13.5 Å². The second kappa shape index (κ2) is 7.46. The maximum Gasteiger partial charge on any atom is 0.264 e. The first kappa shape index (κ1) is 17.5. The molecule has 21 heavy (non-hydrogen) atoms. The van der Waals surface area contributed by atoms with Crippen molar-refractivity contribution in [2.45, 2.75) is 30.5 Å². The third-order valence-corrected chi connectivity index (χ3v) is 5.02. The zero-order valence-corrected chi connectivity index (χ0v) is 13.7. The van der Waals surface area contributed by atoms with Crippen LogP contribution in [0.2, 0.25) is 0 Å². The number of sulfonamides is 1. The SMILES string of the molecule is CS[C@@H](C)C(=O)NS(=O)(=O)c1ccc(CNC(C)=O)cc1. The Bertz CT molecular complexity index is 612. The number of thioether (sulfide) groups is 1. The number of carbonyl (C=O) groups is 2. The minimum Gasteiger partial charge on any atom is -0.352 e. The Morgan fingerprint density at radius 2 is 1.81 bits per heavy atom. The van der Waals surface area contributed by atoms with Crippen molar-refractivity contribution in [1.29, 1.82) is 0 Å². The highest BCUT2D eigenvalue weighted by Gasteiger charge is 2.20. The first-order chi connectivity index (χ1) is 9.76. The molecule has 8 heteroatoms. The number of benzene rings is 1. The average Bonchev–Trinajstić information content (AvgIpc) is 2.44. The summed E-state index contributed by atoms with van der Waals surface area (Å²) < 4.78 is 26.1. The van der Waals surface area contributed by atoms with Gasteiger partial charge in [0.25, 0.3) is 10.0 Å². The van der Waals surface area contributed by atoms with Crippen LogP contribution in [0, 0.1) is 0 Å². The Balaban J connectivity index is 2.80. The van der Waals surface area contributed by atoms with Crippen LogP contribution in [0.3, 0.4) is 0 Å². The topological polar surface area (TPSA) is 92.3 Å². The third-order valence-electron chi connectivity index (χ3n) is 2.73. The Labute approximate surface area is 128 Å². The van der Waals surface area contributed by atoms with Crippen molar-refractivity contribution >= 4 is 33.6 Å². The van der Waals surface area contributed by atoms with Gasteiger partial charge in [-0.05, 0) is 30.9 Å². The summed E-state index contributed by atoms with van der Waals surface area (Å²) in [6.45, 7) is 3.36. The molecule has 0 aliphatic heterocycles. The molecule has 1 atom stereocenters. The normalized spacial score (nSPS) is 12.5. The average molecular weight is 330 g/mol. The molecular weight excluding hydrogens is 312 g/mol. The molecule has 1 aromatic carbocycles. The smallest absolute Gasteiger partial charge is 0.264 e. The predicted molar refractivity (Wildman–Crippen MR) is 82.3 cm³/mol. The number of hydrogen-bond acceptors (Lipinski definition) is 5. The fourth-order valence-electron chi connectivity index (χ4n) is 1.39. The van der Waals surface area contributed by atoms with Crippen molar-refractivity contribution < 1.29 is 18.0 Å². The van der Waals surface area contributed by atoms with Gasteiger partial charge >= 0.3 is 0 Å². The predicted octanol–water partition coefficient (Wildman–Crippen LogP) is 0.879. The van der Waals surface area contributed by atoms with Crippen LogP contribution < -0.4 is 10.0 Å². The van der Waals surface area contributed by atoms with Crippen molar-refractivity contribution in [2.24, 2.45) is 0 Å². The fraction of sp³-hybridized carbons (Fsp3) is 0.385. The Hall–Kier alpha value is -1.54. The Kier molecular flexibility index (Phi) is 6.22. The summed E-state index contributed by atoms with van der Waals surface area (Å²) in [4.78, 5) is 22.5. The second-order valence-electron chi connectivity index (χ2n) is 4.40. The molecule has 0 radical (unpaired) electrons.